The molecule has 0 heterocycles. The third kappa shape index (κ3) is 8.80. The van der Waals surface area contributed by atoms with E-state index in [2.05, 4.69) is 36.2 Å². The molecule has 0 fully saturated rings. The standard InChI is InChI=1S/C12H24N2O3Si2/c1-11(13-9-15)7-18(3,4)17-19(5,6)8-12(2)14-10-16/h11-12H,7-8H2,1-6H3. The van der Waals surface area contributed by atoms with E-state index in [0.717, 1.165) is 12.1 Å². The highest BCUT2D eigenvalue weighted by molar-refractivity contribution is 6.85. The molecule has 0 aromatic heterocycles. The van der Waals surface area contributed by atoms with Crippen molar-refractivity contribution < 1.29 is 13.7 Å². The molecule has 0 aromatic carbocycles. The largest absolute Gasteiger partial charge is 0.455 e. The second-order valence-electron chi connectivity index (χ2n) is 6.17. The van der Waals surface area contributed by atoms with Gasteiger partial charge in [0.25, 0.3) is 0 Å². The predicted octanol–water partition coefficient (Wildman–Crippen LogP) is 2.86. The lowest BCUT2D eigenvalue weighted by Crippen LogP contribution is -2.46. The Hall–Kier alpha value is -0.846. The number of hydrogen-bond donors (Lipinski definition) is 0. The first-order valence-electron chi connectivity index (χ1n) is 6.46. The van der Waals surface area contributed by atoms with E-state index in [9.17, 15) is 9.59 Å². The van der Waals surface area contributed by atoms with Crippen molar-refractivity contribution in [1.29, 1.82) is 0 Å². The molecule has 0 saturated carbocycles. The van der Waals surface area contributed by atoms with Gasteiger partial charge >= 0.3 is 0 Å². The van der Waals surface area contributed by atoms with Crippen LogP contribution in [0.2, 0.25) is 38.3 Å². The maximum absolute atomic E-state index is 10.2. The molecule has 0 aromatic rings. The van der Waals surface area contributed by atoms with Crippen molar-refractivity contribution in [1.82, 2.24) is 0 Å². The molecule has 0 N–H and O–H groups in total. The summed E-state index contributed by atoms with van der Waals surface area (Å²) < 4.78 is 6.36. The summed E-state index contributed by atoms with van der Waals surface area (Å²) in [5.74, 6) is 0. The number of carbonyl (C=O) groups excluding carboxylic acids is 2. The Bertz CT molecular complexity index is 350. The SMILES string of the molecule is CC(C[Si](C)(C)O[Si](C)(C)CC(C)N=C=O)N=C=O. The second kappa shape index (κ2) is 7.67. The van der Waals surface area contributed by atoms with Crippen molar-refractivity contribution in [3.63, 3.8) is 0 Å². The van der Waals surface area contributed by atoms with Crippen molar-refractivity contribution in [2.45, 2.75) is 64.2 Å². The van der Waals surface area contributed by atoms with Crippen molar-refractivity contribution in [3.05, 3.63) is 0 Å². The topological polar surface area (TPSA) is 68.1 Å². The Morgan fingerprint density at radius 3 is 1.47 bits per heavy atom. The van der Waals surface area contributed by atoms with Crippen molar-refractivity contribution in [2.75, 3.05) is 0 Å². The average Bonchev–Trinajstić information content (AvgIpc) is 2.13. The normalized spacial score (nSPS) is 15.1. The minimum absolute atomic E-state index is 0.0469. The number of aliphatic imine (C=N–C) groups is 2. The highest BCUT2D eigenvalue weighted by Crippen LogP contribution is 2.25. The van der Waals surface area contributed by atoms with Crippen molar-refractivity contribution in [3.8, 4) is 0 Å². The van der Waals surface area contributed by atoms with Gasteiger partial charge in [0.2, 0.25) is 12.2 Å². The highest BCUT2D eigenvalue weighted by Gasteiger charge is 2.35. The molecule has 7 heteroatoms. The molecule has 0 aliphatic rings. The Kier molecular flexibility index (Phi) is 7.33. The minimum atomic E-state index is -1.88. The van der Waals surface area contributed by atoms with E-state index < -0.39 is 16.6 Å². The molecule has 0 radical (unpaired) electrons. The number of rotatable bonds is 8. The molecule has 0 bridgehead atoms. The maximum atomic E-state index is 10.2. The molecule has 2 atom stereocenters. The lowest BCUT2D eigenvalue weighted by Gasteiger charge is -2.35. The summed E-state index contributed by atoms with van der Waals surface area (Å²) in [5.41, 5.74) is 0. The van der Waals surface area contributed by atoms with E-state index in [-0.39, 0.29) is 12.1 Å². The summed E-state index contributed by atoms with van der Waals surface area (Å²) in [5, 5.41) is 0. The van der Waals surface area contributed by atoms with E-state index in [0.29, 0.717) is 0 Å². The van der Waals surface area contributed by atoms with Gasteiger partial charge in [0.05, 0.1) is 12.1 Å². The quantitative estimate of drug-likeness (QED) is 0.393. The monoisotopic (exact) mass is 300 g/mol. The fourth-order valence-electron chi connectivity index (χ4n) is 2.53. The number of isocyanates is 2. The fourth-order valence-corrected chi connectivity index (χ4v) is 12.2. The van der Waals surface area contributed by atoms with Gasteiger partial charge in [-0.1, -0.05) is 0 Å². The van der Waals surface area contributed by atoms with Crippen LogP contribution in [0, 0.1) is 0 Å². The van der Waals surface area contributed by atoms with Gasteiger partial charge in [-0.3, -0.25) is 0 Å². The zero-order valence-corrected chi connectivity index (χ0v) is 14.7. The number of hydrogen-bond acceptors (Lipinski definition) is 5. The summed E-state index contributed by atoms with van der Waals surface area (Å²) in [7, 11) is -3.76. The number of nitrogens with zero attached hydrogens (tertiary/aromatic N) is 2. The molecular weight excluding hydrogens is 276 g/mol. The molecule has 2 unspecified atom stereocenters. The maximum Gasteiger partial charge on any atom is 0.235 e. The van der Waals surface area contributed by atoms with E-state index in [4.69, 9.17) is 4.12 Å². The Labute approximate surface area is 117 Å². The van der Waals surface area contributed by atoms with Crippen LogP contribution in [0.4, 0.5) is 0 Å². The van der Waals surface area contributed by atoms with Crippen LogP contribution >= 0.6 is 0 Å². The van der Waals surface area contributed by atoms with Crippen LogP contribution in [-0.4, -0.2) is 40.9 Å². The van der Waals surface area contributed by atoms with Gasteiger partial charge in [0.1, 0.15) is 0 Å². The molecular formula is C12H24N2O3Si2. The van der Waals surface area contributed by atoms with Crippen LogP contribution in [0.25, 0.3) is 0 Å². The van der Waals surface area contributed by atoms with Gasteiger partial charge in [-0.25, -0.2) is 19.6 Å². The Morgan fingerprint density at radius 2 is 1.21 bits per heavy atom. The summed E-state index contributed by atoms with van der Waals surface area (Å²) >= 11 is 0. The van der Waals surface area contributed by atoms with Gasteiger partial charge in [0, 0.05) is 0 Å². The lowest BCUT2D eigenvalue weighted by atomic mass is 10.4. The molecule has 0 saturated heterocycles. The van der Waals surface area contributed by atoms with E-state index in [1.807, 2.05) is 13.8 Å². The van der Waals surface area contributed by atoms with E-state index >= 15 is 0 Å². The first kappa shape index (κ1) is 18.2. The molecule has 19 heavy (non-hydrogen) atoms. The van der Waals surface area contributed by atoms with Crippen LogP contribution < -0.4 is 0 Å². The average molecular weight is 301 g/mol. The van der Waals surface area contributed by atoms with Gasteiger partial charge in [-0.15, -0.1) is 0 Å². The Morgan fingerprint density at radius 1 is 0.895 bits per heavy atom. The first-order chi connectivity index (χ1) is 8.62. The second-order valence-corrected chi connectivity index (χ2v) is 14.8. The van der Waals surface area contributed by atoms with Gasteiger partial charge in [-0.2, -0.15) is 0 Å². The predicted molar refractivity (Wildman–Crippen MR) is 80.8 cm³/mol. The lowest BCUT2D eigenvalue weighted by molar-refractivity contribution is 0.519. The Balaban J connectivity index is 4.60. The van der Waals surface area contributed by atoms with E-state index in [1.165, 1.54) is 0 Å². The molecule has 0 spiro atoms. The van der Waals surface area contributed by atoms with E-state index in [1.54, 1.807) is 12.2 Å². The van der Waals surface area contributed by atoms with Crippen LogP contribution in [0.5, 0.6) is 0 Å². The van der Waals surface area contributed by atoms with Gasteiger partial charge in [0.15, 0.2) is 16.6 Å². The molecule has 0 aliphatic heterocycles. The first-order valence-corrected chi connectivity index (χ1v) is 12.7. The van der Waals surface area contributed by atoms with Gasteiger partial charge in [-0.05, 0) is 52.1 Å². The fraction of sp³-hybridized carbons (Fsp3) is 0.833. The summed E-state index contributed by atoms with van der Waals surface area (Å²) in [4.78, 5) is 27.9. The van der Waals surface area contributed by atoms with Crippen molar-refractivity contribution >= 4 is 28.8 Å². The zero-order valence-electron chi connectivity index (χ0n) is 12.7. The molecule has 0 rings (SSSR count). The smallest absolute Gasteiger partial charge is 0.235 e. The van der Waals surface area contributed by atoms with Gasteiger partial charge < -0.3 is 4.12 Å². The zero-order chi connectivity index (χ0) is 15.1. The van der Waals surface area contributed by atoms with Crippen molar-refractivity contribution in [2.24, 2.45) is 9.98 Å². The van der Waals surface area contributed by atoms with Crippen LogP contribution in [0.1, 0.15) is 13.8 Å². The third-order valence-electron chi connectivity index (χ3n) is 2.67. The summed E-state index contributed by atoms with van der Waals surface area (Å²) in [6.45, 7) is 12.3. The molecule has 5 nitrogen and oxygen atoms in total. The van der Waals surface area contributed by atoms with Crippen LogP contribution in [0.3, 0.4) is 0 Å². The molecule has 108 valence electrons. The molecule has 0 aliphatic carbocycles. The van der Waals surface area contributed by atoms with Crippen LogP contribution in [0.15, 0.2) is 9.98 Å². The third-order valence-corrected chi connectivity index (χ3v) is 10.2. The van der Waals surface area contributed by atoms with Crippen LogP contribution in [-0.2, 0) is 13.7 Å². The summed E-state index contributed by atoms with van der Waals surface area (Å²) in [6.07, 6.45) is 3.19. The molecule has 0 amide bonds. The minimum Gasteiger partial charge on any atom is -0.455 e. The highest BCUT2D eigenvalue weighted by atomic mass is 28.4. The summed E-state index contributed by atoms with van der Waals surface area (Å²) in [6, 6.07) is 1.50.